The lowest BCUT2D eigenvalue weighted by molar-refractivity contribution is 0.281. The van der Waals surface area contributed by atoms with Crippen LogP contribution < -0.4 is 5.32 Å². The van der Waals surface area contributed by atoms with Crippen molar-refractivity contribution in [2.24, 2.45) is 0 Å². The number of benzene rings is 1. The predicted molar refractivity (Wildman–Crippen MR) is 94.3 cm³/mol. The molecule has 4 nitrogen and oxygen atoms in total. The zero-order valence-electron chi connectivity index (χ0n) is 13.1. The smallest absolute Gasteiger partial charge is 0.138 e. The van der Waals surface area contributed by atoms with Crippen LogP contribution in [0.25, 0.3) is 10.2 Å². The van der Waals surface area contributed by atoms with Crippen molar-refractivity contribution < 1.29 is 9.50 Å². The second-order valence-corrected chi connectivity index (χ2v) is 6.27. The third-order valence-corrected chi connectivity index (χ3v) is 4.33. The Kier molecular flexibility index (Phi) is 5.04. The number of nitrogens with one attached hydrogen (secondary N) is 1. The fourth-order valence-electron chi connectivity index (χ4n) is 2.30. The molecule has 0 saturated carbocycles. The molecule has 0 bridgehead atoms. The van der Waals surface area contributed by atoms with E-state index in [9.17, 15) is 9.50 Å². The number of thiophene rings is 1. The van der Waals surface area contributed by atoms with E-state index < -0.39 is 0 Å². The molecule has 0 saturated heterocycles. The average molecular weight is 341 g/mol. The summed E-state index contributed by atoms with van der Waals surface area (Å²) in [7, 11) is 0. The van der Waals surface area contributed by atoms with Crippen molar-refractivity contribution in [3.8, 4) is 11.8 Å². The number of halogens is 1. The van der Waals surface area contributed by atoms with Gasteiger partial charge in [0.25, 0.3) is 0 Å². The molecule has 1 unspecified atom stereocenters. The van der Waals surface area contributed by atoms with Crippen LogP contribution in [0.3, 0.4) is 0 Å². The Balaban J connectivity index is 1.68. The third-order valence-electron chi connectivity index (χ3n) is 3.51. The SMILES string of the molecule is CC(CC#Cc1ccc(F)cc1CO)Nc1ncnc2sccc12. The van der Waals surface area contributed by atoms with E-state index >= 15 is 0 Å². The van der Waals surface area contributed by atoms with Gasteiger partial charge in [-0.3, -0.25) is 0 Å². The number of aliphatic hydroxyl groups is 1. The van der Waals surface area contributed by atoms with Crippen LogP contribution in [0.4, 0.5) is 10.2 Å². The van der Waals surface area contributed by atoms with Crippen LogP contribution in [0.2, 0.25) is 0 Å². The van der Waals surface area contributed by atoms with Gasteiger partial charge in [0.1, 0.15) is 22.8 Å². The first kappa shape index (κ1) is 16.4. The van der Waals surface area contributed by atoms with Crippen molar-refractivity contribution in [2.75, 3.05) is 5.32 Å². The minimum atomic E-state index is -0.372. The molecule has 0 radical (unpaired) electrons. The standard InChI is InChI=1S/C18H16FN3OS/c1-12(22-17-16-7-8-24-18(16)21-11-20-17)3-2-4-13-5-6-15(19)9-14(13)10-23/h5-9,11-12,23H,3,10H2,1H3,(H,20,21,22). The second kappa shape index (κ2) is 7.39. The Morgan fingerprint density at radius 2 is 2.21 bits per heavy atom. The molecule has 24 heavy (non-hydrogen) atoms. The van der Waals surface area contributed by atoms with Crippen LogP contribution >= 0.6 is 11.3 Å². The van der Waals surface area contributed by atoms with E-state index in [0.717, 1.165) is 16.0 Å². The molecule has 1 aromatic carbocycles. The van der Waals surface area contributed by atoms with Gasteiger partial charge in [0.05, 0.1) is 12.0 Å². The molecule has 0 amide bonds. The van der Waals surface area contributed by atoms with E-state index in [0.29, 0.717) is 17.5 Å². The molecule has 6 heteroatoms. The maximum absolute atomic E-state index is 13.1. The maximum Gasteiger partial charge on any atom is 0.138 e. The highest BCUT2D eigenvalue weighted by Crippen LogP contribution is 2.24. The van der Waals surface area contributed by atoms with E-state index in [4.69, 9.17) is 0 Å². The fourth-order valence-corrected chi connectivity index (χ4v) is 3.04. The Hall–Kier alpha value is -2.49. The minimum Gasteiger partial charge on any atom is -0.392 e. The first-order valence-corrected chi connectivity index (χ1v) is 8.38. The van der Waals surface area contributed by atoms with Gasteiger partial charge in [0.2, 0.25) is 0 Å². The Labute approximate surface area is 143 Å². The third kappa shape index (κ3) is 3.70. The second-order valence-electron chi connectivity index (χ2n) is 5.37. The topological polar surface area (TPSA) is 58.0 Å². The number of fused-ring (bicyclic) bond motifs is 1. The molecule has 2 aromatic heterocycles. The molecule has 3 aromatic rings. The number of hydrogen-bond acceptors (Lipinski definition) is 5. The van der Waals surface area contributed by atoms with E-state index in [1.54, 1.807) is 23.7 Å². The van der Waals surface area contributed by atoms with Crippen LogP contribution in [0, 0.1) is 17.7 Å². The summed E-state index contributed by atoms with van der Waals surface area (Å²) < 4.78 is 13.1. The maximum atomic E-state index is 13.1. The van der Waals surface area contributed by atoms with Crippen molar-refractivity contribution in [3.63, 3.8) is 0 Å². The van der Waals surface area contributed by atoms with Crippen molar-refractivity contribution >= 4 is 27.4 Å². The summed E-state index contributed by atoms with van der Waals surface area (Å²) in [4.78, 5) is 9.46. The number of aromatic nitrogens is 2. The first-order valence-electron chi connectivity index (χ1n) is 7.50. The molecular weight excluding hydrogens is 325 g/mol. The highest BCUT2D eigenvalue weighted by atomic mass is 32.1. The number of hydrogen-bond donors (Lipinski definition) is 2. The molecule has 3 rings (SSSR count). The molecule has 2 N–H and O–H groups in total. The summed E-state index contributed by atoms with van der Waals surface area (Å²) in [6, 6.07) is 6.32. The van der Waals surface area contributed by atoms with Crippen LogP contribution in [-0.4, -0.2) is 21.1 Å². The number of anilines is 1. The summed E-state index contributed by atoms with van der Waals surface area (Å²) in [6.45, 7) is 1.79. The molecule has 0 aliphatic carbocycles. The largest absolute Gasteiger partial charge is 0.392 e. The summed E-state index contributed by atoms with van der Waals surface area (Å²) in [6.07, 6.45) is 2.14. The first-order chi connectivity index (χ1) is 11.7. The lowest BCUT2D eigenvalue weighted by atomic mass is 10.1. The predicted octanol–water partition coefficient (Wildman–Crippen LogP) is 3.56. The van der Waals surface area contributed by atoms with Crippen molar-refractivity contribution in [2.45, 2.75) is 26.0 Å². The van der Waals surface area contributed by atoms with Crippen LogP contribution in [0.5, 0.6) is 0 Å². The molecule has 2 heterocycles. The van der Waals surface area contributed by atoms with E-state index in [-0.39, 0.29) is 18.5 Å². The Morgan fingerprint density at radius 3 is 3.04 bits per heavy atom. The number of nitrogens with zero attached hydrogens (tertiary/aromatic N) is 2. The molecule has 0 aliphatic rings. The van der Waals surface area contributed by atoms with Gasteiger partial charge in [-0.15, -0.1) is 11.3 Å². The Morgan fingerprint density at radius 1 is 1.33 bits per heavy atom. The highest BCUT2D eigenvalue weighted by molar-refractivity contribution is 7.16. The molecule has 1 atom stereocenters. The van der Waals surface area contributed by atoms with Crippen molar-refractivity contribution in [1.29, 1.82) is 0 Å². The summed E-state index contributed by atoms with van der Waals surface area (Å²) in [5.74, 6) is 6.49. The van der Waals surface area contributed by atoms with Crippen LogP contribution in [0.1, 0.15) is 24.5 Å². The van der Waals surface area contributed by atoms with Gasteiger partial charge in [-0.05, 0) is 42.1 Å². The van der Waals surface area contributed by atoms with Crippen LogP contribution in [-0.2, 0) is 6.61 Å². The van der Waals surface area contributed by atoms with Crippen molar-refractivity contribution in [3.05, 3.63) is 52.9 Å². The average Bonchev–Trinajstić information content (AvgIpc) is 3.06. The highest BCUT2D eigenvalue weighted by Gasteiger charge is 2.07. The van der Waals surface area contributed by atoms with Crippen LogP contribution in [0.15, 0.2) is 36.0 Å². The lowest BCUT2D eigenvalue weighted by Gasteiger charge is -2.11. The molecule has 0 fully saturated rings. The zero-order chi connectivity index (χ0) is 16.9. The molecular formula is C18H16FN3OS. The minimum absolute atomic E-state index is 0.0912. The van der Waals surface area contributed by atoms with Gasteiger partial charge in [-0.1, -0.05) is 11.8 Å². The molecule has 0 aliphatic heterocycles. The van der Waals surface area contributed by atoms with Gasteiger partial charge in [0, 0.05) is 18.0 Å². The van der Waals surface area contributed by atoms with E-state index in [2.05, 4.69) is 27.1 Å². The number of aliphatic hydroxyl groups excluding tert-OH is 1. The zero-order valence-corrected chi connectivity index (χ0v) is 13.9. The fraction of sp³-hybridized carbons (Fsp3) is 0.222. The van der Waals surface area contributed by atoms with Gasteiger partial charge in [-0.2, -0.15) is 0 Å². The molecule has 0 spiro atoms. The Bertz CT molecular complexity index is 913. The summed E-state index contributed by atoms with van der Waals surface area (Å²) in [5.41, 5.74) is 1.15. The van der Waals surface area contributed by atoms with Gasteiger partial charge in [0.15, 0.2) is 0 Å². The quantitative estimate of drug-likeness (QED) is 0.713. The lowest BCUT2D eigenvalue weighted by Crippen LogP contribution is -2.15. The summed E-state index contributed by atoms with van der Waals surface area (Å²) in [5, 5.41) is 15.6. The monoisotopic (exact) mass is 341 g/mol. The van der Waals surface area contributed by atoms with E-state index in [1.165, 1.54) is 12.1 Å². The van der Waals surface area contributed by atoms with Gasteiger partial charge >= 0.3 is 0 Å². The van der Waals surface area contributed by atoms with E-state index in [1.807, 2.05) is 18.4 Å². The van der Waals surface area contributed by atoms with Crippen molar-refractivity contribution in [1.82, 2.24) is 9.97 Å². The number of rotatable bonds is 4. The normalized spacial score (nSPS) is 11.8. The van der Waals surface area contributed by atoms with Gasteiger partial charge in [-0.25, -0.2) is 14.4 Å². The molecule has 122 valence electrons. The van der Waals surface area contributed by atoms with Gasteiger partial charge < -0.3 is 10.4 Å². The summed E-state index contributed by atoms with van der Waals surface area (Å²) >= 11 is 1.58.